The van der Waals surface area contributed by atoms with Gasteiger partial charge in [-0.3, -0.25) is 9.59 Å². The standard InChI is InChI=1S/C18H27N3O2S/c22-16(20-18-19-10-11-24-18)13-21(12-14-6-2-1-3-7-14)17(23)15-8-4-5-9-15/h10-11,14-15H,1-9,12-13H2,(H,19,20,22). The lowest BCUT2D eigenvalue weighted by atomic mass is 9.88. The minimum Gasteiger partial charge on any atom is -0.333 e. The molecule has 2 amide bonds. The number of amides is 2. The molecular weight excluding hydrogens is 322 g/mol. The summed E-state index contributed by atoms with van der Waals surface area (Å²) in [4.78, 5) is 31.1. The first-order valence-corrected chi connectivity index (χ1v) is 10.1. The molecule has 2 saturated carbocycles. The molecule has 1 aromatic heterocycles. The van der Waals surface area contributed by atoms with Crippen molar-refractivity contribution in [3.05, 3.63) is 11.6 Å². The molecule has 2 aliphatic carbocycles. The number of thiazole rings is 1. The van der Waals surface area contributed by atoms with Crippen molar-refractivity contribution in [2.24, 2.45) is 11.8 Å². The highest BCUT2D eigenvalue weighted by Crippen LogP contribution is 2.29. The van der Waals surface area contributed by atoms with Crippen molar-refractivity contribution in [1.82, 2.24) is 9.88 Å². The molecule has 1 N–H and O–H groups in total. The molecule has 1 heterocycles. The smallest absolute Gasteiger partial charge is 0.245 e. The normalized spacial score (nSPS) is 19.3. The first-order chi connectivity index (χ1) is 11.7. The van der Waals surface area contributed by atoms with E-state index in [1.165, 1.54) is 43.4 Å². The van der Waals surface area contributed by atoms with Crippen LogP contribution in [0.25, 0.3) is 0 Å². The Bertz CT molecular complexity index is 534. The number of anilines is 1. The second-order valence-corrected chi connectivity index (χ2v) is 7.98. The van der Waals surface area contributed by atoms with E-state index in [2.05, 4.69) is 10.3 Å². The fourth-order valence-electron chi connectivity index (χ4n) is 3.96. The molecular formula is C18H27N3O2S. The van der Waals surface area contributed by atoms with Gasteiger partial charge in [0, 0.05) is 24.0 Å². The highest BCUT2D eigenvalue weighted by Gasteiger charge is 2.30. The summed E-state index contributed by atoms with van der Waals surface area (Å²) >= 11 is 1.40. The number of rotatable bonds is 6. The largest absolute Gasteiger partial charge is 0.333 e. The maximum absolute atomic E-state index is 12.9. The van der Waals surface area contributed by atoms with Gasteiger partial charge in [0.1, 0.15) is 0 Å². The van der Waals surface area contributed by atoms with Crippen LogP contribution in [0.15, 0.2) is 11.6 Å². The van der Waals surface area contributed by atoms with E-state index in [-0.39, 0.29) is 24.3 Å². The molecule has 0 aliphatic heterocycles. The second kappa shape index (κ2) is 8.60. The van der Waals surface area contributed by atoms with Crippen molar-refractivity contribution >= 4 is 28.3 Å². The molecule has 0 aromatic carbocycles. The van der Waals surface area contributed by atoms with Crippen LogP contribution in [0, 0.1) is 11.8 Å². The molecule has 132 valence electrons. The summed E-state index contributed by atoms with van der Waals surface area (Å²) < 4.78 is 0. The Hall–Kier alpha value is -1.43. The number of nitrogens with zero attached hydrogens (tertiary/aromatic N) is 2. The zero-order chi connectivity index (χ0) is 16.8. The summed E-state index contributed by atoms with van der Waals surface area (Å²) in [6.45, 7) is 0.895. The Morgan fingerprint density at radius 1 is 1.12 bits per heavy atom. The zero-order valence-corrected chi connectivity index (χ0v) is 15.0. The van der Waals surface area contributed by atoms with Crippen LogP contribution in [0.5, 0.6) is 0 Å². The van der Waals surface area contributed by atoms with Gasteiger partial charge in [-0.15, -0.1) is 11.3 Å². The van der Waals surface area contributed by atoms with Gasteiger partial charge in [-0.05, 0) is 31.6 Å². The Morgan fingerprint density at radius 2 is 1.83 bits per heavy atom. The van der Waals surface area contributed by atoms with Gasteiger partial charge in [-0.1, -0.05) is 32.1 Å². The van der Waals surface area contributed by atoms with E-state index in [9.17, 15) is 9.59 Å². The van der Waals surface area contributed by atoms with Crippen molar-refractivity contribution in [3.8, 4) is 0 Å². The van der Waals surface area contributed by atoms with E-state index in [0.29, 0.717) is 11.0 Å². The SMILES string of the molecule is O=C(CN(CC1CCCCC1)C(=O)C1CCCC1)Nc1nccs1. The molecule has 2 fully saturated rings. The Kier molecular flexibility index (Phi) is 6.24. The first-order valence-electron chi connectivity index (χ1n) is 9.20. The Labute approximate surface area is 147 Å². The molecule has 0 bridgehead atoms. The van der Waals surface area contributed by atoms with E-state index in [1.54, 1.807) is 6.20 Å². The maximum Gasteiger partial charge on any atom is 0.245 e. The number of hydrogen-bond donors (Lipinski definition) is 1. The summed E-state index contributed by atoms with van der Waals surface area (Å²) in [5.41, 5.74) is 0. The molecule has 0 atom stereocenters. The Morgan fingerprint density at radius 3 is 2.50 bits per heavy atom. The monoisotopic (exact) mass is 349 g/mol. The lowest BCUT2D eigenvalue weighted by Gasteiger charge is -2.31. The van der Waals surface area contributed by atoms with Gasteiger partial charge in [0.25, 0.3) is 0 Å². The highest BCUT2D eigenvalue weighted by atomic mass is 32.1. The maximum atomic E-state index is 12.9. The Balaban J connectivity index is 1.61. The van der Waals surface area contributed by atoms with E-state index < -0.39 is 0 Å². The fraction of sp³-hybridized carbons (Fsp3) is 0.722. The van der Waals surface area contributed by atoms with Crippen molar-refractivity contribution in [2.75, 3.05) is 18.4 Å². The van der Waals surface area contributed by atoms with Crippen LogP contribution in [-0.4, -0.2) is 34.8 Å². The molecule has 0 unspecified atom stereocenters. The molecule has 5 nitrogen and oxygen atoms in total. The molecule has 0 spiro atoms. The first kappa shape index (κ1) is 17.4. The van der Waals surface area contributed by atoms with Crippen LogP contribution in [0.4, 0.5) is 5.13 Å². The zero-order valence-electron chi connectivity index (χ0n) is 14.2. The summed E-state index contributed by atoms with van der Waals surface area (Å²) in [6.07, 6.45) is 12.1. The predicted molar refractivity (Wildman–Crippen MR) is 95.9 cm³/mol. The lowest BCUT2D eigenvalue weighted by Crippen LogP contribution is -2.43. The molecule has 24 heavy (non-hydrogen) atoms. The van der Waals surface area contributed by atoms with Crippen molar-refractivity contribution in [2.45, 2.75) is 57.8 Å². The van der Waals surface area contributed by atoms with Crippen LogP contribution in [0.3, 0.4) is 0 Å². The molecule has 6 heteroatoms. The van der Waals surface area contributed by atoms with E-state index in [0.717, 1.165) is 32.2 Å². The number of carbonyl (C=O) groups excluding carboxylic acids is 2. The van der Waals surface area contributed by atoms with Crippen LogP contribution in [-0.2, 0) is 9.59 Å². The average molecular weight is 349 g/mol. The second-order valence-electron chi connectivity index (χ2n) is 7.09. The number of carbonyl (C=O) groups is 2. The number of hydrogen-bond acceptors (Lipinski definition) is 4. The molecule has 0 radical (unpaired) electrons. The van der Waals surface area contributed by atoms with Gasteiger partial charge < -0.3 is 10.2 Å². The van der Waals surface area contributed by atoms with Crippen molar-refractivity contribution in [1.29, 1.82) is 0 Å². The predicted octanol–water partition coefficient (Wildman–Crippen LogP) is 3.68. The van der Waals surface area contributed by atoms with Crippen LogP contribution >= 0.6 is 11.3 Å². The van der Waals surface area contributed by atoms with E-state index >= 15 is 0 Å². The minimum absolute atomic E-state index is 0.126. The summed E-state index contributed by atoms with van der Waals surface area (Å²) in [5.74, 6) is 0.734. The van der Waals surface area contributed by atoms with Gasteiger partial charge in [0.05, 0.1) is 6.54 Å². The van der Waals surface area contributed by atoms with Gasteiger partial charge in [0.2, 0.25) is 11.8 Å². The topological polar surface area (TPSA) is 62.3 Å². The third-order valence-electron chi connectivity index (χ3n) is 5.23. The van der Waals surface area contributed by atoms with Crippen molar-refractivity contribution in [3.63, 3.8) is 0 Å². The molecule has 3 rings (SSSR count). The molecule has 0 saturated heterocycles. The number of nitrogens with one attached hydrogen (secondary N) is 1. The third kappa shape index (κ3) is 4.79. The van der Waals surface area contributed by atoms with Crippen molar-refractivity contribution < 1.29 is 9.59 Å². The number of aromatic nitrogens is 1. The molecule has 1 aromatic rings. The van der Waals surface area contributed by atoms with Gasteiger partial charge in [0.15, 0.2) is 5.13 Å². The van der Waals surface area contributed by atoms with Crippen LogP contribution in [0.2, 0.25) is 0 Å². The van der Waals surface area contributed by atoms with Crippen LogP contribution in [0.1, 0.15) is 57.8 Å². The lowest BCUT2D eigenvalue weighted by molar-refractivity contribution is -0.139. The molecule has 2 aliphatic rings. The van der Waals surface area contributed by atoms with Gasteiger partial charge in [-0.25, -0.2) is 4.98 Å². The summed E-state index contributed by atoms with van der Waals surface area (Å²) in [6, 6.07) is 0. The average Bonchev–Trinajstić information content (AvgIpc) is 3.28. The third-order valence-corrected chi connectivity index (χ3v) is 5.92. The van der Waals surface area contributed by atoms with Gasteiger partial charge in [-0.2, -0.15) is 0 Å². The highest BCUT2D eigenvalue weighted by molar-refractivity contribution is 7.13. The van der Waals surface area contributed by atoms with E-state index in [4.69, 9.17) is 0 Å². The van der Waals surface area contributed by atoms with Gasteiger partial charge >= 0.3 is 0 Å². The summed E-state index contributed by atoms with van der Waals surface area (Å²) in [5, 5.41) is 5.24. The summed E-state index contributed by atoms with van der Waals surface area (Å²) in [7, 11) is 0. The quantitative estimate of drug-likeness (QED) is 0.852. The van der Waals surface area contributed by atoms with Crippen LogP contribution < -0.4 is 5.32 Å². The minimum atomic E-state index is -0.132. The fourth-order valence-corrected chi connectivity index (χ4v) is 4.51. The van der Waals surface area contributed by atoms with E-state index in [1.807, 2.05) is 10.3 Å².